The van der Waals surface area contributed by atoms with Crippen molar-refractivity contribution < 1.29 is 0 Å². The predicted octanol–water partition coefficient (Wildman–Crippen LogP) is 3.27. The molecule has 1 rings (SSSR count). The van der Waals surface area contributed by atoms with Crippen molar-refractivity contribution >= 4 is 11.4 Å². The topological polar surface area (TPSA) is 61.9 Å². The highest BCUT2D eigenvalue weighted by Crippen LogP contribution is 2.16. The van der Waals surface area contributed by atoms with Crippen LogP contribution in [-0.4, -0.2) is 5.71 Å². The minimum absolute atomic E-state index is 0.181. The first-order chi connectivity index (χ1) is 7.79. The van der Waals surface area contributed by atoms with Crippen LogP contribution in [-0.2, 0) is 0 Å². The second-order valence-electron chi connectivity index (χ2n) is 5.25. The van der Waals surface area contributed by atoms with Gasteiger partial charge in [0.05, 0.1) is 0 Å². The lowest BCUT2D eigenvalue weighted by atomic mass is 9.90. The third-order valence-corrected chi connectivity index (χ3v) is 2.45. The fourth-order valence-corrected chi connectivity index (χ4v) is 1.21. The summed E-state index contributed by atoms with van der Waals surface area (Å²) < 4.78 is 0. The summed E-state index contributed by atoms with van der Waals surface area (Å²) in [4.78, 5) is 0. The van der Waals surface area contributed by atoms with E-state index in [1.54, 1.807) is 6.08 Å². The molecule has 0 aliphatic carbocycles. The lowest BCUT2D eigenvalue weighted by molar-refractivity contribution is 0.590. The number of aryl methyl sites for hydroxylation is 1. The number of nitrogens with one attached hydrogen (secondary N) is 2. The van der Waals surface area contributed by atoms with Gasteiger partial charge in [0, 0.05) is 16.8 Å². The highest BCUT2D eigenvalue weighted by molar-refractivity contribution is 5.97. The molecule has 0 atom stereocenters. The first kappa shape index (κ1) is 13.3. The van der Waals surface area contributed by atoms with E-state index < -0.39 is 0 Å². The lowest BCUT2D eigenvalue weighted by Gasteiger charge is -2.17. The zero-order valence-corrected chi connectivity index (χ0v) is 11.0. The summed E-state index contributed by atoms with van der Waals surface area (Å²) in [5.74, 6) is 0.494. The monoisotopic (exact) mass is 231 g/mol. The van der Waals surface area contributed by atoms with Crippen molar-refractivity contribution in [1.29, 1.82) is 5.41 Å². The molecule has 0 amide bonds. The number of benzene rings is 1. The first-order valence-corrected chi connectivity index (χ1v) is 5.69. The van der Waals surface area contributed by atoms with Gasteiger partial charge in [0.25, 0.3) is 0 Å². The van der Waals surface area contributed by atoms with Crippen molar-refractivity contribution in [3.05, 3.63) is 41.7 Å². The molecule has 0 heterocycles. The van der Waals surface area contributed by atoms with Gasteiger partial charge in [-0.2, -0.15) is 0 Å². The molecule has 0 unspecified atom stereocenters. The van der Waals surface area contributed by atoms with Gasteiger partial charge in [0.2, 0.25) is 0 Å². The molecular weight excluding hydrogens is 210 g/mol. The smallest absolute Gasteiger partial charge is 0.102 e. The molecule has 0 saturated carbocycles. The number of allylic oxidation sites excluding steroid dienone is 1. The molecule has 0 aromatic heterocycles. The molecule has 3 nitrogen and oxygen atoms in total. The summed E-state index contributed by atoms with van der Waals surface area (Å²) in [5, 5.41) is 10.9. The Kier molecular flexibility index (Phi) is 3.94. The van der Waals surface area contributed by atoms with Crippen LogP contribution >= 0.6 is 0 Å². The predicted molar refractivity (Wildman–Crippen MR) is 74.3 cm³/mol. The molecule has 1 aromatic rings. The third kappa shape index (κ3) is 4.31. The Morgan fingerprint density at radius 1 is 1.24 bits per heavy atom. The average Bonchev–Trinajstić information content (AvgIpc) is 2.20. The number of hydrogen-bond donors (Lipinski definition) is 3. The van der Waals surface area contributed by atoms with Crippen LogP contribution in [0.2, 0.25) is 0 Å². The fourth-order valence-electron chi connectivity index (χ4n) is 1.21. The highest BCUT2D eigenvalue weighted by Gasteiger charge is 2.15. The Morgan fingerprint density at radius 2 is 1.76 bits per heavy atom. The molecule has 92 valence electrons. The van der Waals surface area contributed by atoms with Crippen LogP contribution in [0.3, 0.4) is 0 Å². The maximum atomic E-state index is 7.87. The molecule has 3 heteroatoms. The van der Waals surface area contributed by atoms with Crippen LogP contribution in [0.5, 0.6) is 0 Å². The minimum Gasteiger partial charge on any atom is -0.385 e. The molecule has 0 aliphatic heterocycles. The van der Waals surface area contributed by atoms with E-state index in [1.807, 2.05) is 52.0 Å². The quantitative estimate of drug-likeness (QED) is 0.699. The van der Waals surface area contributed by atoms with E-state index in [0.29, 0.717) is 11.5 Å². The number of nitrogens with two attached hydrogens (primary N) is 1. The van der Waals surface area contributed by atoms with Crippen LogP contribution in [0.25, 0.3) is 0 Å². The summed E-state index contributed by atoms with van der Waals surface area (Å²) in [5.41, 5.74) is 8.32. The molecule has 0 spiro atoms. The maximum Gasteiger partial charge on any atom is 0.102 e. The normalized spacial score (nSPS) is 12.4. The summed E-state index contributed by atoms with van der Waals surface area (Å²) in [6.07, 6.45) is 1.67. The number of anilines is 1. The molecule has 17 heavy (non-hydrogen) atoms. The Bertz CT molecular complexity index is 422. The zero-order chi connectivity index (χ0) is 13.1. The van der Waals surface area contributed by atoms with Crippen molar-refractivity contribution in [2.75, 3.05) is 5.32 Å². The van der Waals surface area contributed by atoms with Crippen molar-refractivity contribution in [3.8, 4) is 0 Å². The van der Waals surface area contributed by atoms with E-state index in [2.05, 4.69) is 5.32 Å². The van der Waals surface area contributed by atoms with Crippen LogP contribution in [0.15, 0.2) is 36.2 Å². The van der Waals surface area contributed by atoms with Crippen molar-refractivity contribution in [2.45, 2.75) is 27.7 Å². The molecule has 4 N–H and O–H groups in total. The van der Waals surface area contributed by atoms with E-state index >= 15 is 0 Å². The van der Waals surface area contributed by atoms with Gasteiger partial charge in [-0.15, -0.1) is 0 Å². The summed E-state index contributed by atoms with van der Waals surface area (Å²) in [7, 11) is 0. The van der Waals surface area contributed by atoms with Crippen molar-refractivity contribution in [2.24, 2.45) is 11.1 Å². The van der Waals surface area contributed by atoms with Crippen LogP contribution < -0.4 is 11.1 Å². The first-order valence-electron chi connectivity index (χ1n) is 5.69. The lowest BCUT2D eigenvalue weighted by Crippen LogP contribution is -2.20. The van der Waals surface area contributed by atoms with Crippen LogP contribution in [0.4, 0.5) is 5.69 Å². The minimum atomic E-state index is -0.181. The molecular formula is C14H21N3. The van der Waals surface area contributed by atoms with E-state index in [9.17, 15) is 0 Å². The SMILES string of the molecule is Cc1ccc(N/C(N)=C\C(=N)C(C)(C)C)cc1. The largest absolute Gasteiger partial charge is 0.385 e. The molecule has 0 radical (unpaired) electrons. The van der Waals surface area contributed by atoms with Gasteiger partial charge >= 0.3 is 0 Å². The molecule has 0 aliphatic rings. The van der Waals surface area contributed by atoms with Crippen LogP contribution in [0.1, 0.15) is 26.3 Å². The zero-order valence-electron chi connectivity index (χ0n) is 11.0. The van der Waals surface area contributed by atoms with E-state index in [0.717, 1.165) is 5.69 Å². The van der Waals surface area contributed by atoms with E-state index in [-0.39, 0.29) is 5.41 Å². The molecule has 0 bridgehead atoms. The van der Waals surface area contributed by atoms with Gasteiger partial charge in [-0.3, -0.25) is 0 Å². The standard InChI is InChI=1S/C14H21N3/c1-10-5-7-11(8-6-10)17-13(16)9-12(15)14(2,3)4/h5-9,15,17H,16H2,1-4H3/b13-9-,15-12?. The average molecular weight is 231 g/mol. The highest BCUT2D eigenvalue weighted by atomic mass is 15.0. The van der Waals surface area contributed by atoms with E-state index in [1.165, 1.54) is 5.56 Å². The van der Waals surface area contributed by atoms with Gasteiger partial charge in [0.15, 0.2) is 0 Å². The van der Waals surface area contributed by atoms with Gasteiger partial charge in [-0.05, 0) is 25.1 Å². The van der Waals surface area contributed by atoms with Gasteiger partial charge in [0.1, 0.15) is 5.82 Å². The Balaban J connectivity index is 2.72. The van der Waals surface area contributed by atoms with Crippen molar-refractivity contribution in [1.82, 2.24) is 0 Å². The number of hydrogen-bond acceptors (Lipinski definition) is 3. The second kappa shape index (κ2) is 5.04. The van der Waals surface area contributed by atoms with Gasteiger partial charge in [-0.25, -0.2) is 0 Å². The van der Waals surface area contributed by atoms with E-state index in [4.69, 9.17) is 11.1 Å². The summed E-state index contributed by atoms with van der Waals surface area (Å²) in [6.45, 7) is 8.01. The molecule has 0 fully saturated rings. The summed E-state index contributed by atoms with van der Waals surface area (Å²) in [6, 6.07) is 7.98. The fraction of sp³-hybridized carbons (Fsp3) is 0.357. The Hall–Kier alpha value is -1.77. The molecule has 1 aromatic carbocycles. The maximum absolute atomic E-state index is 7.87. The van der Waals surface area contributed by atoms with Crippen molar-refractivity contribution in [3.63, 3.8) is 0 Å². The Morgan fingerprint density at radius 3 is 2.24 bits per heavy atom. The molecule has 0 saturated heterocycles. The van der Waals surface area contributed by atoms with Crippen LogP contribution in [0, 0.1) is 17.7 Å². The number of rotatable bonds is 3. The Labute approximate surface area is 103 Å². The van der Waals surface area contributed by atoms with Gasteiger partial charge < -0.3 is 16.5 Å². The second-order valence-corrected chi connectivity index (χ2v) is 5.25. The third-order valence-electron chi connectivity index (χ3n) is 2.45. The summed E-state index contributed by atoms with van der Waals surface area (Å²) >= 11 is 0. The van der Waals surface area contributed by atoms with Gasteiger partial charge in [-0.1, -0.05) is 38.5 Å².